The molecule has 0 unspecified atom stereocenters. The molecular weight excluding hydrogens is 334 g/mol. The minimum absolute atomic E-state index is 0.427. The first-order valence-electron chi connectivity index (χ1n) is 9.55. The van der Waals surface area contributed by atoms with E-state index < -0.39 is 0 Å². The van der Waals surface area contributed by atoms with Gasteiger partial charge in [0.05, 0.1) is 6.20 Å². The van der Waals surface area contributed by atoms with Gasteiger partial charge in [0.15, 0.2) is 5.82 Å². The summed E-state index contributed by atoms with van der Waals surface area (Å²) in [4.78, 5) is 6.94. The third-order valence-corrected chi connectivity index (χ3v) is 5.08. The molecule has 1 aliphatic heterocycles. The molecule has 1 aromatic heterocycles. The summed E-state index contributed by atoms with van der Waals surface area (Å²) < 4.78 is 0. The summed E-state index contributed by atoms with van der Waals surface area (Å²) in [5.74, 6) is 1.79. The topological polar surface area (TPSA) is 53.9 Å². The van der Waals surface area contributed by atoms with E-state index in [1.807, 2.05) is 0 Å². The first-order valence-corrected chi connectivity index (χ1v) is 9.55. The molecule has 4 rings (SSSR count). The number of para-hydroxylation sites is 2. The van der Waals surface area contributed by atoms with Crippen molar-refractivity contribution in [2.45, 2.75) is 39.5 Å². The average Bonchev–Trinajstić information content (AvgIpc) is 2.69. The first kappa shape index (κ1) is 17.5. The van der Waals surface area contributed by atoms with Gasteiger partial charge in [-0.3, -0.25) is 0 Å². The van der Waals surface area contributed by atoms with E-state index in [9.17, 15) is 0 Å². The quantitative estimate of drug-likeness (QED) is 0.700. The molecule has 5 heteroatoms. The Labute approximate surface area is 160 Å². The van der Waals surface area contributed by atoms with Crippen molar-refractivity contribution in [3.8, 4) is 0 Å². The number of hydrogen-bond acceptors (Lipinski definition) is 5. The maximum Gasteiger partial charge on any atom is 0.251 e. The highest BCUT2D eigenvalue weighted by atomic mass is 15.3. The Morgan fingerprint density at radius 2 is 1.93 bits per heavy atom. The van der Waals surface area contributed by atoms with Crippen LogP contribution in [0.4, 0.5) is 23.1 Å². The van der Waals surface area contributed by atoms with Crippen molar-refractivity contribution in [1.82, 2.24) is 15.2 Å². The molecule has 1 N–H and O–H groups in total. The van der Waals surface area contributed by atoms with Crippen LogP contribution in [0.15, 0.2) is 48.7 Å². The normalized spacial score (nSPS) is 13.6. The fourth-order valence-electron chi connectivity index (χ4n) is 3.68. The summed E-state index contributed by atoms with van der Waals surface area (Å²) >= 11 is 0. The highest BCUT2D eigenvalue weighted by molar-refractivity contribution is 5.67. The van der Waals surface area contributed by atoms with E-state index >= 15 is 0 Å². The van der Waals surface area contributed by atoms with Crippen LogP contribution in [0.2, 0.25) is 0 Å². The average molecular weight is 359 g/mol. The zero-order valence-corrected chi connectivity index (χ0v) is 16.1. The molecule has 0 aliphatic carbocycles. The van der Waals surface area contributed by atoms with Gasteiger partial charge in [-0.25, -0.2) is 0 Å². The third kappa shape index (κ3) is 3.50. The fraction of sp³-hybridized carbons (Fsp3) is 0.318. The molecule has 138 valence electrons. The lowest BCUT2D eigenvalue weighted by atomic mass is 9.98. The smallest absolute Gasteiger partial charge is 0.251 e. The highest BCUT2D eigenvalue weighted by Gasteiger charge is 2.20. The van der Waals surface area contributed by atoms with Gasteiger partial charge in [0.2, 0.25) is 0 Å². The number of rotatable bonds is 4. The predicted octanol–water partition coefficient (Wildman–Crippen LogP) is 5.13. The van der Waals surface area contributed by atoms with E-state index in [1.165, 1.54) is 22.4 Å². The molecule has 0 saturated heterocycles. The summed E-state index contributed by atoms with van der Waals surface area (Å²) in [5, 5.41) is 12.0. The molecule has 0 atom stereocenters. The zero-order chi connectivity index (χ0) is 18.8. The number of benzene rings is 2. The molecule has 0 saturated carbocycles. The Bertz CT molecular complexity index is 951. The number of fused-ring (bicyclic) bond motifs is 1. The van der Waals surface area contributed by atoms with Crippen molar-refractivity contribution in [2.75, 3.05) is 16.8 Å². The third-order valence-electron chi connectivity index (χ3n) is 5.08. The highest BCUT2D eigenvalue weighted by Crippen LogP contribution is 2.33. The van der Waals surface area contributed by atoms with Crippen LogP contribution in [0.5, 0.6) is 0 Å². The van der Waals surface area contributed by atoms with Crippen LogP contribution in [0, 0.1) is 6.92 Å². The number of anilines is 4. The maximum atomic E-state index is 4.77. The predicted molar refractivity (Wildman–Crippen MR) is 110 cm³/mol. The number of hydrogen-bond donors (Lipinski definition) is 1. The van der Waals surface area contributed by atoms with Crippen LogP contribution in [0.25, 0.3) is 0 Å². The standard InChI is InChI=1S/C22H25N5/c1-15(2)18-11-6-8-16(3)21(18)24-20-14-23-26-22(25-20)27-13-7-10-17-9-4-5-12-19(17)27/h4-6,8-9,11-12,14-15H,7,10,13H2,1-3H3,(H,24,25,26). The van der Waals surface area contributed by atoms with Crippen molar-refractivity contribution in [3.63, 3.8) is 0 Å². The van der Waals surface area contributed by atoms with Gasteiger partial charge in [-0.15, -0.1) is 5.10 Å². The monoisotopic (exact) mass is 359 g/mol. The summed E-state index contributed by atoms with van der Waals surface area (Å²) in [7, 11) is 0. The molecule has 2 aromatic carbocycles. The van der Waals surface area contributed by atoms with Gasteiger partial charge in [0.1, 0.15) is 0 Å². The molecule has 0 fully saturated rings. The molecule has 5 nitrogen and oxygen atoms in total. The van der Waals surface area contributed by atoms with Gasteiger partial charge in [-0.1, -0.05) is 50.2 Å². The van der Waals surface area contributed by atoms with Crippen molar-refractivity contribution in [2.24, 2.45) is 0 Å². The maximum absolute atomic E-state index is 4.77. The van der Waals surface area contributed by atoms with Crippen molar-refractivity contribution >= 4 is 23.1 Å². The Kier molecular flexibility index (Phi) is 4.75. The van der Waals surface area contributed by atoms with Gasteiger partial charge in [-0.05, 0) is 48.4 Å². The molecule has 27 heavy (non-hydrogen) atoms. The molecule has 0 amide bonds. The van der Waals surface area contributed by atoms with Crippen molar-refractivity contribution in [1.29, 1.82) is 0 Å². The van der Waals surface area contributed by atoms with E-state index in [-0.39, 0.29) is 0 Å². The van der Waals surface area contributed by atoms with Crippen LogP contribution in [0.3, 0.4) is 0 Å². The molecule has 1 aliphatic rings. The minimum atomic E-state index is 0.427. The van der Waals surface area contributed by atoms with Gasteiger partial charge in [-0.2, -0.15) is 10.1 Å². The molecule has 0 radical (unpaired) electrons. The van der Waals surface area contributed by atoms with Crippen LogP contribution >= 0.6 is 0 Å². The second-order valence-corrected chi connectivity index (χ2v) is 7.34. The lowest BCUT2D eigenvalue weighted by molar-refractivity contribution is 0.741. The van der Waals surface area contributed by atoms with E-state index in [2.05, 4.69) is 83.6 Å². The van der Waals surface area contributed by atoms with Gasteiger partial charge < -0.3 is 10.2 Å². The summed E-state index contributed by atoms with van der Waals surface area (Å²) in [5.41, 5.74) is 6.11. The second-order valence-electron chi connectivity index (χ2n) is 7.34. The van der Waals surface area contributed by atoms with E-state index in [1.54, 1.807) is 6.20 Å². The van der Waals surface area contributed by atoms with Crippen LogP contribution in [-0.2, 0) is 6.42 Å². The van der Waals surface area contributed by atoms with Gasteiger partial charge in [0, 0.05) is 17.9 Å². The summed E-state index contributed by atoms with van der Waals surface area (Å²) in [6, 6.07) is 14.8. The SMILES string of the molecule is Cc1cccc(C(C)C)c1Nc1cnnc(N2CCCc3ccccc32)n1. The number of aryl methyl sites for hydroxylation is 2. The molecular formula is C22H25N5. The fourth-order valence-corrected chi connectivity index (χ4v) is 3.68. The molecule has 2 heterocycles. The molecule has 0 bridgehead atoms. The molecule has 3 aromatic rings. The largest absolute Gasteiger partial charge is 0.338 e. The van der Waals surface area contributed by atoms with E-state index in [4.69, 9.17) is 4.98 Å². The molecule has 0 spiro atoms. The summed E-state index contributed by atoms with van der Waals surface area (Å²) in [6.07, 6.45) is 3.88. The lowest BCUT2D eigenvalue weighted by Crippen LogP contribution is -2.26. The zero-order valence-electron chi connectivity index (χ0n) is 16.1. The van der Waals surface area contributed by atoms with E-state index in [0.29, 0.717) is 11.9 Å². The Hall–Kier alpha value is -2.95. The Balaban J connectivity index is 1.68. The Morgan fingerprint density at radius 1 is 1.07 bits per heavy atom. The van der Waals surface area contributed by atoms with Crippen molar-refractivity contribution < 1.29 is 0 Å². The van der Waals surface area contributed by atoms with Crippen LogP contribution in [-0.4, -0.2) is 21.7 Å². The van der Waals surface area contributed by atoms with Gasteiger partial charge >= 0.3 is 0 Å². The number of nitrogens with one attached hydrogen (secondary N) is 1. The van der Waals surface area contributed by atoms with E-state index in [0.717, 1.165) is 30.9 Å². The second kappa shape index (κ2) is 7.35. The number of aromatic nitrogens is 3. The van der Waals surface area contributed by atoms with Crippen LogP contribution in [0.1, 0.15) is 42.9 Å². The lowest BCUT2D eigenvalue weighted by Gasteiger charge is -2.29. The summed E-state index contributed by atoms with van der Waals surface area (Å²) in [6.45, 7) is 7.43. The van der Waals surface area contributed by atoms with Gasteiger partial charge in [0.25, 0.3) is 5.95 Å². The Morgan fingerprint density at radius 3 is 2.78 bits per heavy atom. The first-order chi connectivity index (χ1) is 13.1. The minimum Gasteiger partial charge on any atom is -0.338 e. The van der Waals surface area contributed by atoms with Crippen LogP contribution < -0.4 is 10.2 Å². The van der Waals surface area contributed by atoms with Crippen molar-refractivity contribution in [3.05, 3.63) is 65.4 Å². The number of nitrogens with zero attached hydrogens (tertiary/aromatic N) is 4.